The number of nitrogens with two attached hydrogens (primary N) is 1. The van der Waals surface area contributed by atoms with Crippen LogP contribution in [0.25, 0.3) is 21.2 Å². The largest absolute Gasteiger partial charge is 0.496 e. The number of aryl methyl sites for hydroxylation is 1. The van der Waals surface area contributed by atoms with Gasteiger partial charge in [0.05, 0.1) is 12.1 Å². The van der Waals surface area contributed by atoms with Gasteiger partial charge in [0.1, 0.15) is 16.4 Å². The first-order valence-corrected chi connectivity index (χ1v) is 14.5. The number of benzene rings is 2. The van der Waals surface area contributed by atoms with Crippen LogP contribution in [0.5, 0.6) is 5.75 Å². The van der Waals surface area contributed by atoms with Crippen molar-refractivity contribution in [2.24, 2.45) is 0 Å². The number of aromatic nitrogens is 1. The smallest absolute Gasteiger partial charge is 0.266 e. The highest BCUT2D eigenvalue weighted by Crippen LogP contribution is 2.38. The van der Waals surface area contributed by atoms with Crippen molar-refractivity contribution in [1.82, 2.24) is 14.8 Å². The van der Waals surface area contributed by atoms with E-state index in [9.17, 15) is 4.79 Å². The number of nitrogens with zero attached hydrogens (tertiary/aromatic N) is 3. The van der Waals surface area contributed by atoms with Crippen molar-refractivity contribution in [3.8, 4) is 16.9 Å². The second kappa shape index (κ2) is 11.5. The van der Waals surface area contributed by atoms with E-state index in [-0.39, 0.29) is 11.9 Å². The van der Waals surface area contributed by atoms with Crippen LogP contribution in [0.15, 0.2) is 54.6 Å². The number of hydrogen-bond donors (Lipinski definition) is 1. The Morgan fingerprint density at radius 2 is 1.79 bits per heavy atom. The normalized spacial score (nSPS) is 17.5. The van der Waals surface area contributed by atoms with Crippen molar-refractivity contribution < 1.29 is 9.53 Å². The number of pyridine rings is 1. The van der Waals surface area contributed by atoms with Gasteiger partial charge in [0.15, 0.2) is 0 Å². The van der Waals surface area contributed by atoms with Gasteiger partial charge < -0.3 is 20.3 Å². The summed E-state index contributed by atoms with van der Waals surface area (Å²) in [5, 5.41) is 1.46. The number of thiophene rings is 1. The van der Waals surface area contributed by atoms with Gasteiger partial charge in [-0.25, -0.2) is 4.98 Å². The Labute approximate surface area is 239 Å². The van der Waals surface area contributed by atoms with Crippen LogP contribution in [-0.2, 0) is 6.54 Å². The van der Waals surface area contributed by atoms with Crippen molar-refractivity contribution in [3.05, 3.63) is 75.8 Å². The number of carbonyl (C=O) groups is 1. The summed E-state index contributed by atoms with van der Waals surface area (Å²) in [6, 6.07) is 18.5. The first kappa shape index (κ1) is 27.4. The molecule has 1 aliphatic carbocycles. The molecule has 0 saturated heterocycles. The van der Waals surface area contributed by atoms with Gasteiger partial charge in [0.2, 0.25) is 0 Å². The molecule has 39 heavy (non-hydrogen) atoms. The summed E-state index contributed by atoms with van der Waals surface area (Å²) in [6.45, 7) is 2.39. The summed E-state index contributed by atoms with van der Waals surface area (Å²) in [6.07, 6.45) is 3.99. The maximum Gasteiger partial charge on any atom is 0.266 e. The molecule has 1 saturated carbocycles. The van der Waals surface area contributed by atoms with E-state index in [1.165, 1.54) is 11.3 Å². The molecule has 2 heterocycles. The highest BCUT2D eigenvalue weighted by molar-refractivity contribution is 7.21. The Hall–Kier alpha value is -3.13. The van der Waals surface area contributed by atoms with Crippen LogP contribution >= 0.6 is 22.9 Å². The predicted molar refractivity (Wildman–Crippen MR) is 162 cm³/mol. The molecule has 0 atom stereocenters. The molecule has 5 rings (SSSR count). The molecule has 1 fully saturated rings. The SMILES string of the molecule is COc1ccc(-c2ccc(N)nc2C)cc1CN(C(=O)c1sc2ccccc2c1Cl)C1CCC(N(C)C)CC1. The lowest BCUT2D eigenvalue weighted by molar-refractivity contribution is 0.0573. The molecule has 0 unspecified atom stereocenters. The van der Waals surface area contributed by atoms with Gasteiger partial charge >= 0.3 is 0 Å². The topological polar surface area (TPSA) is 71.7 Å². The second-order valence-electron chi connectivity index (χ2n) is 10.5. The number of nitrogen functional groups attached to an aromatic ring is 1. The van der Waals surface area contributed by atoms with Gasteiger partial charge in [-0.05, 0) is 82.6 Å². The van der Waals surface area contributed by atoms with Crippen LogP contribution in [0.1, 0.15) is 46.6 Å². The predicted octanol–water partition coefficient (Wildman–Crippen LogP) is 7.03. The van der Waals surface area contributed by atoms with Crippen molar-refractivity contribution in [2.45, 2.75) is 51.2 Å². The van der Waals surface area contributed by atoms with Crippen LogP contribution in [-0.4, -0.2) is 54.0 Å². The van der Waals surface area contributed by atoms with E-state index < -0.39 is 0 Å². The fourth-order valence-electron chi connectivity index (χ4n) is 5.67. The number of carbonyl (C=O) groups excluding carboxylic acids is 1. The van der Waals surface area contributed by atoms with E-state index in [0.29, 0.717) is 28.3 Å². The number of anilines is 1. The summed E-state index contributed by atoms with van der Waals surface area (Å²) in [5.74, 6) is 1.23. The molecule has 2 aromatic carbocycles. The molecular weight excluding hydrogens is 528 g/mol. The Morgan fingerprint density at radius 3 is 2.46 bits per heavy atom. The molecule has 2 N–H and O–H groups in total. The van der Waals surface area contributed by atoms with Gasteiger partial charge in [0, 0.05) is 45.5 Å². The number of fused-ring (bicyclic) bond motifs is 1. The lowest BCUT2D eigenvalue weighted by Crippen LogP contribution is -2.44. The van der Waals surface area contributed by atoms with E-state index in [0.717, 1.165) is 63.9 Å². The van der Waals surface area contributed by atoms with Crippen molar-refractivity contribution >= 4 is 44.7 Å². The molecule has 0 spiro atoms. The number of amides is 1. The highest BCUT2D eigenvalue weighted by Gasteiger charge is 2.33. The zero-order chi connectivity index (χ0) is 27.7. The number of ether oxygens (including phenoxy) is 1. The summed E-state index contributed by atoms with van der Waals surface area (Å²) in [7, 11) is 5.94. The number of methoxy groups -OCH3 is 1. The molecule has 0 aliphatic heterocycles. The number of halogens is 1. The minimum absolute atomic E-state index is 0.0210. The second-order valence-corrected chi connectivity index (χ2v) is 11.9. The molecular formula is C31H35ClN4O2S. The monoisotopic (exact) mass is 562 g/mol. The van der Waals surface area contributed by atoms with Gasteiger partial charge in [-0.15, -0.1) is 11.3 Å². The van der Waals surface area contributed by atoms with E-state index in [1.807, 2.05) is 60.4 Å². The van der Waals surface area contributed by atoms with Gasteiger partial charge in [-0.1, -0.05) is 35.9 Å². The Bertz CT molecular complexity index is 1490. The maximum atomic E-state index is 14.3. The molecule has 2 aromatic heterocycles. The Morgan fingerprint density at radius 1 is 1.08 bits per heavy atom. The summed E-state index contributed by atoms with van der Waals surface area (Å²) >= 11 is 8.28. The van der Waals surface area contributed by atoms with Crippen LogP contribution in [0, 0.1) is 6.92 Å². The van der Waals surface area contributed by atoms with Gasteiger partial charge in [0.25, 0.3) is 5.91 Å². The maximum absolute atomic E-state index is 14.3. The van der Waals surface area contributed by atoms with E-state index in [4.69, 9.17) is 22.1 Å². The Kier molecular flexibility index (Phi) is 8.12. The van der Waals surface area contributed by atoms with Crippen molar-refractivity contribution in [1.29, 1.82) is 0 Å². The lowest BCUT2D eigenvalue weighted by Gasteiger charge is -2.39. The molecule has 0 bridgehead atoms. The summed E-state index contributed by atoms with van der Waals surface area (Å²) < 4.78 is 6.80. The highest BCUT2D eigenvalue weighted by atomic mass is 35.5. The minimum atomic E-state index is -0.0210. The molecule has 1 aliphatic rings. The first-order valence-electron chi connectivity index (χ1n) is 13.3. The van der Waals surface area contributed by atoms with Gasteiger partial charge in [-0.3, -0.25) is 4.79 Å². The summed E-state index contributed by atoms with van der Waals surface area (Å²) in [5.41, 5.74) is 9.73. The van der Waals surface area contributed by atoms with Crippen LogP contribution < -0.4 is 10.5 Å². The third kappa shape index (κ3) is 5.62. The average Bonchev–Trinajstić information content (AvgIpc) is 3.27. The number of rotatable bonds is 7. The van der Waals surface area contributed by atoms with Crippen LogP contribution in [0.3, 0.4) is 0 Å². The average molecular weight is 563 g/mol. The lowest BCUT2D eigenvalue weighted by atomic mass is 9.89. The molecule has 8 heteroatoms. The molecule has 204 valence electrons. The standard InChI is InChI=1S/C31H35ClN4O2S/c1-19-24(14-16-28(33)34-19)20-9-15-26(38-4)21(17-20)18-36(23-12-10-22(11-13-23)35(2)3)31(37)30-29(32)25-7-5-6-8-27(25)39-30/h5-9,14-17,22-23H,10-13,18H2,1-4H3,(H2,33,34). The van der Waals surface area contributed by atoms with E-state index >= 15 is 0 Å². The zero-order valence-corrected chi connectivity index (χ0v) is 24.5. The quantitative estimate of drug-likeness (QED) is 0.262. The number of hydrogen-bond acceptors (Lipinski definition) is 6. The molecule has 0 radical (unpaired) electrons. The third-order valence-electron chi connectivity index (χ3n) is 7.87. The van der Waals surface area contributed by atoms with Crippen LogP contribution in [0.2, 0.25) is 5.02 Å². The molecule has 4 aromatic rings. The fraction of sp³-hybridized carbons (Fsp3) is 0.355. The van der Waals surface area contributed by atoms with E-state index in [1.54, 1.807) is 7.11 Å². The molecule has 1 amide bonds. The third-order valence-corrected chi connectivity index (χ3v) is 9.53. The Balaban J connectivity index is 1.53. The van der Waals surface area contributed by atoms with Crippen molar-refractivity contribution in [3.63, 3.8) is 0 Å². The van der Waals surface area contributed by atoms with Crippen LogP contribution in [0.4, 0.5) is 5.82 Å². The fourth-order valence-corrected chi connectivity index (χ4v) is 7.14. The van der Waals surface area contributed by atoms with Gasteiger partial charge in [-0.2, -0.15) is 0 Å². The molecule has 6 nitrogen and oxygen atoms in total. The van der Waals surface area contributed by atoms with E-state index in [2.05, 4.69) is 30.0 Å². The summed E-state index contributed by atoms with van der Waals surface area (Å²) in [4.78, 5) is 23.6. The first-order chi connectivity index (χ1) is 18.8. The van der Waals surface area contributed by atoms with Crippen molar-refractivity contribution in [2.75, 3.05) is 26.9 Å². The minimum Gasteiger partial charge on any atom is -0.496 e. The zero-order valence-electron chi connectivity index (χ0n) is 22.9.